The van der Waals surface area contributed by atoms with Gasteiger partial charge in [0.2, 0.25) is 5.91 Å². The maximum atomic E-state index is 13.1. The van der Waals surface area contributed by atoms with Crippen molar-refractivity contribution < 1.29 is 13.6 Å². The summed E-state index contributed by atoms with van der Waals surface area (Å²) in [6.07, 6.45) is 1.68. The van der Waals surface area contributed by atoms with E-state index in [-0.39, 0.29) is 17.0 Å². The molecule has 0 aliphatic carbocycles. The van der Waals surface area contributed by atoms with Crippen LogP contribution in [-0.2, 0) is 11.3 Å². The minimum atomic E-state index is -0.427. The predicted molar refractivity (Wildman–Crippen MR) is 95.1 cm³/mol. The largest absolute Gasteiger partial charge is 0.468 e. The van der Waals surface area contributed by atoms with Gasteiger partial charge in [-0.25, -0.2) is 4.39 Å². The number of piperazine rings is 1. The molecule has 1 atom stereocenters. The van der Waals surface area contributed by atoms with Crippen LogP contribution in [0.5, 0.6) is 0 Å². The van der Waals surface area contributed by atoms with Crippen molar-refractivity contribution in [2.45, 2.75) is 19.5 Å². The van der Waals surface area contributed by atoms with Crippen molar-refractivity contribution in [3.05, 3.63) is 53.2 Å². The van der Waals surface area contributed by atoms with Crippen LogP contribution in [0.2, 0.25) is 5.02 Å². The molecule has 1 N–H and O–H groups in total. The Morgan fingerprint density at radius 1 is 1.32 bits per heavy atom. The maximum Gasteiger partial charge on any atom is 0.241 e. The van der Waals surface area contributed by atoms with E-state index in [4.69, 9.17) is 16.0 Å². The quantitative estimate of drug-likeness (QED) is 0.883. The zero-order valence-corrected chi connectivity index (χ0v) is 14.8. The average molecular weight is 366 g/mol. The molecule has 7 heteroatoms. The number of anilines is 1. The molecule has 1 aromatic heterocycles. The molecular weight excluding hydrogens is 345 g/mol. The molecule has 2 heterocycles. The Labute approximate surface area is 151 Å². The fourth-order valence-electron chi connectivity index (χ4n) is 2.93. The number of furan rings is 1. The van der Waals surface area contributed by atoms with Gasteiger partial charge in [0.05, 0.1) is 29.6 Å². The second-order valence-electron chi connectivity index (χ2n) is 6.18. The molecule has 0 bridgehead atoms. The Kier molecular flexibility index (Phi) is 5.73. The third-order valence-electron chi connectivity index (χ3n) is 4.48. The predicted octanol–water partition coefficient (Wildman–Crippen LogP) is 3.22. The molecule has 1 fully saturated rings. The van der Waals surface area contributed by atoms with Crippen molar-refractivity contribution in [1.29, 1.82) is 0 Å². The second-order valence-corrected chi connectivity index (χ2v) is 6.59. The van der Waals surface area contributed by atoms with Crippen molar-refractivity contribution in [2.75, 3.05) is 31.5 Å². The second kappa shape index (κ2) is 7.99. The summed E-state index contributed by atoms with van der Waals surface area (Å²) in [6, 6.07) is 7.51. The number of hydrogen-bond donors (Lipinski definition) is 1. The van der Waals surface area contributed by atoms with Gasteiger partial charge in [-0.15, -0.1) is 0 Å². The molecular formula is C18H21ClFN3O2. The molecule has 0 radical (unpaired) electrons. The van der Waals surface area contributed by atoms with E-state index in [1.54, 1.807) is 6.26 Å². The third kappa shape index (κ3) is 4.60. The van der Waals surface area contributed by atoms with E-state index >= 15 is 0 Å². The lowest BCUT2D eigenvalue weighted by Crippen LogP contribution is -2.52. The summed E-state index contributed by atoms with van der Waals surface area (Å²) in [4.78, 5) is 16.9. The van der Waals surface area contributed by atoms with E-state index in [2.05, 4.69) is 15.1 Å². The molecule has 1 aliphatic heterocycles. The fraction of sp³-hybridized carbons (Fsp3) is 0.389. The summed E-state index contributed by atoms with van der Waals surface area (Å²) in [7, 11) is 0. The number of nitrogens with one attached hydrogen (secondary N) is 1. The SMILES string of the molecule is C[C@@H](C(=O)Nc1ccc(F)cc1Cl)N1CCN(Cc2ccco2)CC1. The maximum absolute atomic E-state index is 13.1. The van der Waals surface area contributed by atoms with Crippen molar-refractivity contribution in [2.24, 2.45) is 0 Å². The van der Waals surface area contributed by atoms with Gasteiger partial charge in [-0.3, -0.25) is 14.6 Å². The summed E-state index contributed by atoms with van der Waals surface area (Å²) in [5.74, 6) is 0.377. The van der Waals surface area contributed by atoms with Crippen LogP contribution in [-0.4, -0.2) is 47.9 Å². The van der Waals surface area contributed by atoms with Gasteiger partial charge in [-0.2, -0.15) is 0 Å². The number of hydrogen-bond acceptors (Lipinski definition) is 4. The summed E-state index contributed by atoms with van der Waals surface area (Å²) in [5, 5.41) is 2.97. The van der Waals surface area contributed by atoms with Crippen LogP contribution in [0.4, 0.5) is 10.1 Å². The molecule has 3 rings (SSSR count). The van der Waals surface area contributed by atoms with Crippen LogP contribution >= 0.6 is 11.6 Å². The lowest BCUT2D eigenvalue weighted by Gasteiger charge is -2.37. The van der Waals surface area contributed by atoms with Gasteiger partial charge < -0.3 is 9.73 Å². The van der Waals surface area contributed by atoms with E-state index in [0.717, 1.165) is 38.5 Å². The van der Waals surface area contributed by atoms with Crippen LogP contribution < -0.4 is 5.32 Å². The molecule has 1 aliphatic rings. The third-order valence-corrected chi connectivity index (χ3v) is 4.80. The molecule has 5 nitrogen and oxygen atoms in total. The fourth-order valence-corrected chi connectivity index (χ4v) is 3.14. The molecule has 1 aromatic carbocycles. The first kappa shape index (κ1) is 17.9. The van der Waals surface area contributed by atoms with Gasteiger partial charge in [0.25, 0.3) is 0 Å². The number of amides is 1. The minimum absolute atomic E-state index is 0.145. The molecule has 0 saturated carbocycles. The number of nitrogens with zero attached hydrogens (tertiary/aromatic N) is 2. The smallest absolute Gasteiger partial charge is 0.241 e. The summed E-state index contributed by atoms with van der Waals surface area (Å²) in [5.41, 5.74) is 0.427. The van der Waals surface area contributed by atoms with Crippen molar-refractivity contribution in [3.63, 3.8) is 0 Å². The van der Waals surface area contributed by atoms with Crippen LogP contribution in [0.3, 0.4) is 0 Å². The normalized spacial score (nSPS) is 17.4. The van der Waals surface area contributed by atoms with Crippen LogP contribution in [0.25, 0.3) is 0 Å². The van der Waals surface area contributed by atoms with Crippen LogP contribution in [0.1, 0.15) is 12.7 Å². The monoisotopic (exact) mass is 365 g/mol. The van der Waals surface area contributed by atoms with Crippen LogP contribution in [0.15, 0.2) is 41.0 Å². The number of halogens is 2. The molecule has 0 spiro atoms. The Morgan fingerprint density at radius 3 is 2.72 bits per heavy atom. The lowest BCUT2D eigenvalue weighted by molar-refractivity contribution is -0.121. The van der Waals surface area contributed by atoms with Gasteiger partial charge in [-0.1, -0.05) is 11.6 Å². The molecule has 1 amide bonds. The lowest BCUT2D eigenvalue weighted by atomic mass is 10.2. The zero-order chi connectivity index (χ0) is 17.8. The number of carbonyl (C=O) groups is 1. The van der Waals surface area contributed by atoms with Gasteiger partial charge in [0.15, 0.2) is 0 Å². The van der Waals surface area contributed by atoms with Crippen molar-refractivity contribution in [1.82, 2.24) is 9.80 Å². The number of rotatable bonds is 5. The number of carbonyl (C=O) groups excluding carboxylic acids is 1. The Balaban J connectivity index is 1.51. The van der Waals surface area contributed by atoms with Gasteiger partial charge in [0.1, 0.15) is 11.6 Å². The first-order valence-electron chi connectivity index (χ1n) is 8.27. The standard InChI is InChI=1S/C18H21ClFN3O2/c1-13(18(24)21-17-5-4-14(20)11-16(17)19)23-8-6-22(7-9-23)12-15-3-2-10-25-15/h2-5,10-11,13H,6-9,12H2,1H3,(H,21,24)/t13-/m0/s1. The highest BCUT2D eigenvalue weighted by molar-refractivity contribution is 6.33. The molecule has 2 aromatic rings. The topological polar surface area (TPSA) is 48.7 Å². The van der Waals surface area contributed by atoms with Gasteiger partial charge >= 0.3 is 0 Å². The zero-order valence-electron chi connectivity index (χ0n) is 14.0. The van der Waals surface area contributed by atoms with Gasteiger partial charge in [0, 0.05) is 26.2 Å². The van der Waals surface area contributed by atoms with Gasteiger partial charge in [-0.05, 0) is 37.3 Å². The highest BCUT2D eigenvalue weighted by Crippen LogP contribution is 2.23. The van der Waals surface area contributed by atoms with E-state index in [1.165, 1.54) is 18.2 Å². The van der Waals surface area contributed by atoms with Crippen molar-refractivity contribution in [3.8, 4) is 0 Å². The van der Waals surface area contributed by atoms with Crippen molar-refractivity contribution >= 4 is 23.2 Å². The van der Waals surface area contributed by atoms with Crippen LogP contribution in [0, 0.1) is 5.82 Å². The summed E-state index contributed by atoms with van der Waals surface area (Å²) >= 11 is 5.97. The Hall–Kier alpha value is -1.89. The van der Waals surface area contributed by atoms with E-state index in [9.17, 15) is 9.18 Å². The highest BCUT2D eigenvalue weighted by atomic mass is 35.5. The molecule has 134 valence electrons. The Morgan fingerprint density at radius 2 is 2.08 bits per heavy atom. The molecule has 1 saturated heterocycles. The number of benzene rings is 1. The summed E-state index contributed by atoms with van der Waals surface area (Å²) < 4.78 is 18.5. The minimum Gasteiger partial charge on any atom is -0.468 e. The van der Waals surface area contributed by atoms with E-state index in [1.807, 2.05) is 19.1 Å². The van der Waals surface area contributed by atoms with E-state index < -0.39 is 5.82 Å². The summed E-state index contributed by atoms with van der Waals surface area (Å²) in [6.45, 7) is 5.99. The highest BCUT2D eigenvalue weighted by Gasteiger charge is 2.26. The first-order valence-corrected chi connectivity index (χ1v) is 8.65. The van der Waals surface area contributed by atoms with E-state index in [0.29, 0.717) is 5.69 Å². The molecule has 0 unspecified atom stereocenters. The first-order chi connectivity index (χ1) is 12.0. The average Bonchev–Trinajstić information content (AvgIpc) is 3.10. The molecule has 25 heavy (non-hydrogen) atoms. The Bertz CT molecular complexity index is 715.